The summed E-state index contributed by atoms with van der Waals surface area (Å²) in [5.41, 5.74) is 4.51. The smallest absolute Gasteiger partial charge is 0.419 e. The third kappa shape index (κ3) is 4.22. The van der Waals surface area contributed by atoms with Crippen LogP contribution in [-0.4, -0.2) is 30.8 Å². The molecule has 0 saturated carbocycles. The Morgan fingerprint density at radius 3 is 2.88 bits per heavy atom. The molecule has 0 fully saturated rings. The number of ether oxygens (including phenoxy) is 1. The molecule has 6 nitrogen and oxygen atoms in total. The van der Waals surface area contributed by atoms with E-state index in [2.05, 4.69) is 10.2 Å². The molecular formula is C9H11ClN2O4S. The van der Waals surface area contributed by atoms with Crippen molar-refractivity contribution < 1.29 is 19.4 Å². The topological polar surface area (TPSA) is 87.7 Å². The first kappa shape index (κ1) is 13.8. The molecule has 0 aromatic carbocycles. The van der Waals surface area contributed by atoms with Crippen molar-refractivity contribution in [3.05, 3.63) is 20.8 Å². The van der Waals surface area contributed by atoms with Gasteiger partial charge in [0.2, 0.25) is 0 Å². The standard InChI is InChI=1S/C9H11ClN2O4S/c1-16-8(13)7-4-5(10)6(17-7)2-3-11-12-9(14)15/h4,11-12H,2-3H2,1H3,(H,14,15). The Hall–Kier alpha value is -1.31. The van der Waals surface area contributed by atoms with Gasteiger partial charge in [0.1, 0.15) is 4.88 Å². The number of nitrogens with one attached hydrogen (secondary N) is 2. The van der Waals surface area contributed by atoms with Crippen LogP contribution in [0.2, 0.25) is 5.02 Å². The maximum atomic E-state index is 11.2. The average Bonchev–Trinajstić information content (AvgIpc) is 2.65. The molecular weight excluding hydrogens is 268 g/mol. The predicted molar refractivity (Wildman–Crippen MR) is 63.5 cm³/mol. The molecule has 1 aromatic rings. The second-order valence-electron chi connectivity index (χ2n) is 2.98. The van der Waals surface area contributed by atoms with E-state index in [1.807, 2.05) is 5.43 Å². The van der Waals surface area contributed by atoms with Gasteiger partial charge in [0.15, 0.2) is 0 Å². The van der Waals surface area contributed by atoms with Gasteiger partial charge in [0, 0.05) is 11.4 Å². The van der Waals surface area contributed by atoms with Gasteiger partial charge < -0.3 is 9.84 Å². The van der Waals surface area contributed by atoms with Gasteiger partial charge >= 0.3 is 12.1 Å². The first-order valence-electron chi connectivity index (χ1n) is 4.63. The third-order valence-corrected chi connectivity index (χ3v) is 3.44. The Morgan fingerprint density at radius 2 is 2.29 bits per heavy atom. The van der Waals surface area contributed by atoms with Crippen molar-refractivity contribution in [1.82, 2.24) is 10.9 Å². The Labute approximate surface area is 107 Å². The van der Waals surface area contributed by atoms with E-state index in [0.717, 1.165) is 4.88 Å². The van der Waals surface area contributed by atoms with Crippen LogP contribution < -0.4 is 10.9 Å². The van der Waals surface area contributed by atoms with Crippen molar-refractivity contribution in [2.24, 2.45) is 0 Å². The van der Waals surface area contributed by atoms with Crippen LogP contribution in [0.1, 0.15) is 14.5 Å². The average molecular weight is 279 g/mol. The molecule has 0 aliphatic heterocycles. The number of hydrazine groups is 1. The van der Waals surface area contributed by atoms with Crippen LogP contribution >= 0.6 is 22.9 Å². The zero-order chi connectivity index (χ0) is 12.8. The van der Waals surface area contributed by atoms with Gasteiger partial charge in [-0.2, -0.15) is 0 Å². The Bertz CT molecular complexity index is 421. The maximum absolute atomic E-state index is 11.2. The van der Waals surface area contributed by atoms with Crippen LogP contribution in [0.3, 0.4) is 0 Å². The number of rotatable bonds is 5. The first-order chi connectivity index (χ1) is 8.04. The van der Waals surface area contributed by atoms with Crippen molar-refractivity contribution in [2.45, 2.75) is 6.42 Å². The molecule has 17 heavy (non-hydrogen) atoms. The third-order valence-electron chi connectivity index (χ3n) is 1.82. The lowest BCUT2D eigenvalue weighted by molar-refractivity contribution is 0.0606. The number of thiophene rings is 1. The largest absolute Gasteiger partial charge is 0.465 e. The minimum Gasteiger partial charge on any atom is -0.465 e. The summed E-state index contributed by atoms with van der Waals surface area (Å²) < 4.78 is 4.57. The summed E-state index contributed by atoms with van der Waals surface area (Å²) in [6.45, 7) is 0.382. The van der Waals surface area contributed by atoms with E-state index >= 15 is 0 Å². The molecule has 94 valence electrons. The fraction of sp³-hybridized carbons (Fsp3) is 0.333. The minimum absolute atomic E-state index is 0.382. The van der Waals surface area contributed by atoms with Gasteiger partial charge in [-0.25, -0.2) is 15.0 Å². The highest BCUT2D eigenvalue weighted by Crippen LogP contribution is 2.27. The molecule has 0 aliphatic carbocycles. The van der Waals surface area contributed by atoms with E-state index in [1.54, 1.807) is 0 Å². The molecule has 0 saturated heterocycles. The van der Waals surface area contributed by atoms with Crippen molar-refractivity contribution in [1.29, 1.82) is 0 Å². The van der Waals surface area contributed by atoms with Gasteiger partial charge in [-0.1, -0.05) is 11.6 Å². The molecule has 0 radical (unpaired) electrons. The Morgan fingerprint density at radius 1 is 1.59 bits per heavy atom. The highest BCUT2D eigenvalue weighted by molar-refractivity contribution is 7.14. The van der Waals surface area contributed by atoms with Gasteiger partial charge in [0.25, 0.3) is 0 Å². The zero-order valence-electron chi connectivity index (χ0n) is 8.95. The van der Waals surface area contributed by atoms with E-state index in [1.165, 1.54) is 24.5 Å². The number of carboxylic acid groups (broad SMARTS) is 1. The number of carbonyl (C=O) groups excluding carboxylic acids is 1. The van der Waals surface area contributed by atoms with E-state index in [4.69, 9.17) is 16.7 Å². The Balaban J connectivity index is 2.51. The van der Waals surface area contributed by atoms with Crippen LogP contribution in [0, 0.1) is 0 Å². The summed E-state index contributed by atoms with van der Waals surface area (Å²) >= 11 is 7.15. The highest BCUT2D eigenvalue weighted by Gasteiger charge is 2.13. The summed E-state index contributed by atoms with van der Waals surface area (Å²) in [5, 5.41) is 8.80. The van der Waals surface area contributed by atoms with Gasteiger partial charge in [-0.15, -0.1) is 11.3 Å². The van der Waals surface area contributed by atoms with E-state index < -0.39 is 12.1 Å². The number of hydrogen-bond acceptors (Lipinski definition) is 5. The number of methoxy groups -OCH3 is 1. The van der Waals surface area contributed by atoms with E-state index in [0.29, 0.717) is 22.9 Å². The van der Waals surface area contributed by atoms with Crippen molar-refractivity contribution in [3.8, 4) is 0 Å². The molecule has 0 unspecified atom stereocenters. The fourth-order valence-corrected chi connectivity index (χ4v) is 2.45. The molecule has 8 heteroatoms. The first-order valence-corrected chi connectivity index (χ1v) is 5.82. The summed E-state index contributed by atoms with van der Waals surface area (Å²) in [7, 11) is 1.30. The summed E-state index contributed by atoms with van der Waals surface area (Å²) in [4.78, 5) is 22.6. The predicted octanol–water partition coefficient (Wildman–Crippen LogP) is 1.50. The maximum Gasteiger partial charge on any atom is 0.419 e. The Kier molecular flexibility index (Phi) is 5.20. The fourth-order valence-electron chi connectivity index (χ4n) is 1.09. The van der Waals surface area contributed by atoms with Crippen LogP contribution in [0.4, 0.5) is 4.79 Å². The molecule has 0 aliphatic rings. The van der Waals surface area contributed by atoms with E-state index in [9.17, 15) is 9.59 Å². The lowest BCUT2D eigenvalue weighted by Crippen LogP contribution is -2.37. The highest BCUT2D eigenvalue weighted by atomic mass is 35.5. The number of carbonyl (C=O) groups is 2. The molecule has 0 atom stereocenters. The van der Waals surface area contributed by atoms with Crippen LogP contribution in [0.25, 0.3) is 0 Å². The summed E-state index contributed by atoms with van der Waals surface area (Å²) in [5.74, 6) is -0.431. The van der Waals surface area contributed by atoms with Crippen LogP contribution in [0.15, 0.2) is 6.07 Å². The van der Waals surface area contributed by atoms with Gasteiger partial charge in [-0.05, 0) is 12.5 Å². The van der Waals surface area contributed by atoms with Crippen LogP contribution in [0.5, 0.6) is 0 Å². The molecule has 1 heterocycles. The monoisotopic (exact) mass is 278 g/mol. The van der Waals surface area contributed by atoms with E-state index in [-0.39, 0.29) is 0 Å². The second-order valence-corrected chi connectivity index (χ2v) is 4.52. The summed E-state index contributed by atoms with van der Waals surface area (Å²) in [6.07, 6.45) is -0.640. The minimum atomic E-state index is -1.16. The quantitative estimate of drug-likeness (QED) is 0.432. The summed E-state index contributed by atoms with van der Waals surface area (Å²) in [6, 6.07) is 1.54. The van der Waals surface area contributed by atoms with Crippen molar-refractivity contribution in [2.75, 3.05) is 13.7 Å². The lowest BCUT2D eigenvalue weighted by atomic mass is 10.3. The second kappa shape index (κ2) is 6.43. The molecule has 1 aromatic heterocycles. The number of halogens is 1. The molecule has 1 amide bonds. The number of amides is 1. The van der Waals surface area contributed by atoms with Gasteiger partial charge in [0.05, 0.1) is 12.1 Å². The number of hydrogen-bond donors (Lipinski definition) is 3. The zero-order valence-corrected chi connectivity index (χ0v) is 10.5. The number of esters is 1. The molecule has 1 rings (SSSR count). The van der Waals surface area contributed by atoms with Crippen molar-refractivity contribution in [3.63, 3.8) is 0 Å². The lowest BCUT2D eigenvalue weighted by Gasteiger charge is -2.02. The normalized spacial score (nSPS) is 10.0. The van der Waals surface area contributed by atoms with Crippen LogP contribution in [-0.2, 0) is 11.2 Å². The molecule has 3 N–H and O–H groups in total. The SMILES string of the molecule is COC(=O)c1cc(Cl)c(CCNNC(=O)O)s1. The van der Waals surface area contributed by atoms with Crippen molar-refractivity contribution >= 4 is 35.0 Å². The molecule has 0 spiro atoms. The molecule has 0 bridgehead atoms. The van der Waals surface area contributed by atoms with Gasteiger partial charge in [-0.3, -0.25) is 5.43 Å².